The SMILES string of the molecule is CCCCCCCCCCCCNCCOP(=O)(O)OCCCCCCCC. The Balaban J connectivity index is 3.28. The minimum atomic E-state index is -3.88. The smallest absolute Gasteiger partial charge is 0.314 e. The second kappa shape index (κ2) is 21.8. The van der Waals surface area contributed by atoms with Gasteiger partial charge in [-0.05, 0) is 19.4 Å². The topological polar surface area (TPSA) is 67.8 Å². The van der Waals surface area contributed by atoms with Crippen molar-refractivity contribution in [2.75, 3.05) is 26.3 Å². The van der Waals surface area contributed by atoms with E-state index in [4.69, 9.17) is 9.05 Å². The molecule has 28 heavy (non-hydrogen) atoms. The van der Waals surface area contributed by atoms with E-state index in [9.17, 15) is 9.46 Å². The van der Waals surface area contributed by atoms with E-state index in [0.29, 0.717) is 13.2 Å². The molecule has 6 heteroatoms. The molecule has 0 bridgehead atoms. The Morgan fingerprint density at radius 1 is 0.607 bits per heavy atom. The summed E-state index contributed by atoms with van der Waals surface area (Å²) < 4.78 is 21.8. The molecule has 0 saturated carbocycles. The van der Waals surface area contributed by atoms with E-state index in [1.807, 2.05) is 0 Å². The molecular weight excluding hydrogens is 373 g/mol. The summed E-state index contributed by atoms with van der Waals surface area (Å²) in [6.07, 6.45) is 20.0. The Morgan fingerprint density at radius 3 is 1.57 bits per heavy atom. The fourth-order valence-electron chi connectivity index (χ4n) is 3.20. The van der Waals surface area contributed by atoms with Crippen LogP contribution in [-0.2, 0) is 13.6 Å². The second-order valence-electron chi connectivity index (χ2n) is 7.83. The zero-order chi connectivity index (χ0) is 20.8. The number of hydrogen-bond acceptors (Lipinski definition) is 4. The lowest BCUT2D eigenvalue weighted by Crippen LogP contribution is -2.20. The number of rotatable bonds is 23. The minimum Gasteiger partial charge on any atom is -0.314 e. The van der Waals surface area contributed by atoms with Gasteiger partial charge in [0.25, 0.3) is 0 Å². The average Bonchev–Trinajstić information content (AvgIpc) is 2.67. The molecule has 0 fully saturated rings. The molecule has 0 amide bonds. The Kier molecular flexibility index (Phi) is 21.8. The van der Waals surface area contributed by atoms with Crippen molar-refractivity contribution in [2.24, 2.45) is 0 Å². The van der Waals surface area contributed by atoms with Crippen LogP contribution in [0.15, 0.2) is 0 Å². The first-order chi connectivity index (χ1) is 13.6. The van der Waals surface area contributed by atoms with Gasteiger partial charge in [0.1, 0.15) is 0 Å². The fourth-order valence-corrected chi connectivity index (χ4v) is 3.95. The van der Waals surface area contributed by atoms with Crippen LogP contribution in [0.2, 0.25) is 0 Å². The fraction of sp³-hybridized carbons (Fsp3) is 1.00. The van der Waals surface area contributed by atoms with Crippen LogP contribution in [0.5, 0.6) is 0 Å². The first kappa shape index (κ1) is 28.1. The lowest BCUT2D eigenvalue weighted by atomic mass is 10.1. The molecule has 2 N–H and O–H groups in total. The summed E-state index contributed by atoms with van der Waals surface area (Å²) in [4.78, 5) is 9.63. The summed E-state index contributed by atoms with van der Waals surface area (Å²) in [7, 11) is -3.88. The maximum absolute atomic E-state index is 11.8. The lowest BCUT2D eigenvalue weighted by Gasteiger charge is -2.12. The average molecular weight is 422 g/mol. The highest BCUT2D eigenvalue weighted by Crippen LogP contribution is 2.43. The zero-order valence-electron chi connectivity index (χ0n) is 18.8. The molecule has 0 aliphatic carbocycles. The highest BCUT2D eigenvalue weighted by atomic mass is 31.2. The zero-order valence-corrected chi connectivity index (χ0v) is 19.7. The second-order valence-corrected chi connectivity index (χ2v) is 9.29. The molecule has 0 radical (unpaired) electrons. The summed E-state index contributed by atoms with van der Waals surface area (Å²) in [6, 6.07) is 0. The van der Waals surface area contributed by atoms with Crippen molar-refractivity contribution in [1.29, 1.82) is 0 Å². The van der Waals surface area contributed by atoms with Crippen LogP contribution in [0.3, 0.4) is 0 Å². The van der Waals surface area contributed by atoms with Crippen LogP contribution in [0, 0.1) is 0 Å². The predicted molar refractivity (Wildman–Crippen MR) is 120 cm³/mol. The number of phosphoric acid groups is 1. The van der Waals surface area contributed by atoms with Gasteiger partial charge in [0.15, 0.2) is 0 Å². The maximum Gasteiger partial charge on any atom is 0.472 e. The number of nitrogens with one attached hydrogen (secondary N) is 1. The van der Waals surface area contributed by atoms with E-state index < -0.39 is 7.82 Å². The molecule has 1 unspecified atom stereocenters. The molecular formula is C22H48NO4P. The van der Waals surface area contributed by atoms with E-state index in [0.717, 1.165) is 32.2 Å². The van der Waals surface area contributed by atoms with Crippen molar-refractivity contribution in [2.45, 2.75) is 117 Å². The highest BCUT2D eigenvalue weighted by molar-refractivity contribution is 7.47. The molecule has 0 aromatic heterocycles. The Labute approximate surface area is 175 Å². The van der Waals surface area contributed by atoms with Crippen molar-refractivity contribution < 1.29 is 18.5 Å². The van der Waals surface area contributed by atoms with Crippen LogP contribution < -0.4 is 5.32 Å². The van der Waals surface area contributed by atoms with Gasteiger partial charge in [-0.1, -0.05) is 104 Å². The normalized spacial score (nSPS) is 13.7. The molecule has 0 spiro atoms. The van der Waals surface area contributed by atoms with E-state index in [1.165, 1.54) is 77.0 Å². The molecule has 0 heterocycles. The van der Waals surface area contributed by atoms with E-state index in [-0.39, 0.29) is 6.61 Å². The monoisotopic (exact) mass is 421 g/mol. The van der Waals surface area contributed by atoms with Crippen molar-refractivity contribution in [3.63, 3.8) is 0 Å². The quantitative estimate of drug-likeness (QED) is 0.137. The molecule has 1 atom stereocenters. The standard InChI is InChI=1S/C22H48NO4P/c1-3-5-7-9-11-12-13-14-15-17-19-23-20-22-27-28(24,25)26-21-18-16-10-8-6-4-2/h23H,3-22H2,1-2H3,(H,24,25). The van der Waals surface area contributed by atoms with Gasteiger partial charge in [0.2, 0.25) is 0 Å². The predicted octanol–water partition coefficient (Wildman–Crippen LogP) is 6.99. The molecule has 5 nitrogen and oxygen atoms in total. The molecule has 0 aromatic carbocycles. The summed E-state index contributed by atoms with van der Waals surface area (Å²) >= 11 is 0. The third-order valence-electron chi connectivity index (χ3n) is 4.99. The Hall–Kier alpha value is 0.0700. The third-order valence-corrected chi connectivity index (χ3v) is 6.01. The number of unbranched alkanes of at least 4 members (excludes halogenated alkanes) is 14. The van der Waals surface area contributed by atoms with Gasteiger partial charge in [0.05, 0.1) is 13.2 Å². The minimum absolute atomic E-state index is 0.210. The summed E-state index contributed by atoms with van der Waals surface area (Å²) in [5.41, 5.74) is 0. The van der Waals surface area contributed by atoms with E-state index in [2.05, 4.69) is 19.2 Å². The van der Waals surface area contributed by atoms with Gasteiger partial charge in [-0.3, -0.25) is 9.05 Å². The lowest BCUT2D eigenvalue weighted by molar-refractivity contribution is 0.148. The first-order valence-electron chi connectivity index (χ1n) is 11.9. The van der Waals surface area contributed by atoms with Gasteiger partial charge in [-0.25, -0.2) is 4.57 Å². The molecule has 0 aliphatic rings. The molecule has 0 saturated heterocycles. The molecule has 170 valence electrons. The number of phosphoric ester groups is 1. The van der Waals surface area contributed by atoms with Crippen molar-refractivity contribution in [1.82, 2.24) is 5.32 Å². The van der Waals surface area contributed by atoms with Crippen LogP contribution in [-0.4, -0.2) is 31.2 Å². The van der Waals surface area contributed by atoms with E-state index >= 15 is 0 Å². The number of hydrogen-bond donors (Lipinski definition) is 2. The van der Waals surface area contributed by atoms with Gasteiger partial charge >= 0.3 is 7.82 Å². The van der Waals surface area contributed by atoms with Crippen LogP contribution in [0.1, 0.15) is 117 Å². The molecule has 0 aromatic rings. The Bertz CT molecular complexity index is 355. The highest BCUT2D eigenvalue weighted by Gasteiger charge is 2.19. The van der Waals surface area contributed by atoms with Crippen LogP contribution in [0.25, 0.3) is 0 Å². The third kappa shape index (κ3) is 22.4. The summed E-state index contributed by atoms with van der Waals surface area (Å²) in [5.74, 6) is 0. The Morgan fingerprint density at radius 2 is 1.04 bits per heavy atom. The van der Waals surface area contributed by atoms with Gasteiger partial charge < -0.3 is 10.2 Å². The van der Waals surface area contributed by atoms with Crippen molar-refractivity contribution in [3.05, 3.63) is 0 Å². The van der Waals surface area contributed by atoms with Crippen LogP contribution in [0.4, 0.5) is 0 Å². The van der Waals surface area contributed by atoms with Crippen molar-refractivity contribution in [3.8, 4) is 0 Å². The van der Waals surface area contributed by atoms with Crippen molar-refractivity contribution >= 4 is 7.82 Å². The maximum atomic E-state index is 11.8. The summed E-state index contributed by atoms with van der Waals surface area (Å²) in [6.45, 7) is 6.48. The largest absolute Gasteiger partial charge is 0.472 e. The molecule has 0 aliphatic heterocycles. The van der Waals surface area contributed by atoms with Gasteiger partial charge in [-0.15, -0.1) is 0 Å². The van der Waals surface area contributed by atoms with E-state index in [1.54, 1.807) is 0 Å². The van der Waals surface area contributed by atoms with Gasteiger partial charge in [-0.2, -0.15) is 0 Å². The first-order valence-corrected chi connectivity index (χ1v) is 13.4. The molecule has 0 rings (SSSR count). The van der Waals surface area contributed by atoms with Crippen LogP contribution >= 0.6 is 7.82 Å². The summed E-state index contributed by atoms with van der Waals surface area (Å²) in [5, 5.41) is 3.27. The van der Waals surface area contributed by atoms with Gasteiger partial charge in [0, 0.05) is 6.54 Å².